The van der Waals surface area contributed by atoms with Crippen LogP contribution >= 0.6 is 127 Å². The van der Waals surface area contributed by atoms with Crippen molar-refractivity contribution in [1.82, 2.24) is 0 Å². The van der Waals surface area contributed by atoms with Crippen molar-refractivity contribution in [2.45, 2.75) is 0 Å². The summed E-state index contributed by atoms with van der Waals surface area (Å²) in [5.74, 6) is 0. The van der Waals surface area contributed by atoms with E-state index in [1.54, 1.807) is 0 Å². The van der Waals surface area contributed by atoms with E-state index in [1.807, 2.05) is 24.3 Å². The van der Waals surface area contributed by atoms with Gasteiger partial charge in [0.25, 0.3) is 0 Å². The van der Waals surface area contributed by atoms with Gasteiger partial charge in [0.2, 0.25) is 0 Å². The van der Waals surface area contributed by atoms with E-state index in [1.165, 1.54) is 0 Å². The highest BCUT2D eigenvalue weighted by Crippen LogP contribution is 2.49. The molecule has 0 unspecified atom stereocenters. The second-order valence-corrected chi connectivity index (χ2v) is 14.8. The predicted octanol–water partition coefficient (Wildman–Crippen LogP) is 14.5. The van der Waals surface area contributed by atoms with Crippen LogP contribution in [-0.2, 0) is 0 Å². The molecular formula is C30H14Br8. The van der Waals surface area contributed by atoms with Crippen LogP contribution in [0.3, 0.4) is 0 Å². The highest BCUT2D eigenvalue weighted by molar-refractivity contribution is 9.14. The third-order valence-electron chi connectivity index (χ3n) is 6.16. The molecule has 0 aliphatic heterocycles. The lowest BCUT2D eigenvalue weighted by atomic mass is 9.97. The molecule has 0 amide bonds. The van der Waals surface area contributed by atoms with Gasteiger partial charge >= 0.3 is 0 Å². The van der Waals surface area contributed by atoms with Gasteiger partial charge in [-0.3, -0.25) is 0 Å². The Hall–Kier alpha value is -0.0600. The molecule has 0 aliphatic carbocycles. The van der Waals surface area contributed by atoms with Crippen molar-refractivity contribution in [2.24, 2.45) is 0 Å². The number of hydrogen-bond acceptors (Lipinski definition) is 0. The first kappa shape index (κ1) is 29.4. The van der Waals surface area contributed by atoms with Crippen LogP contribution < -0.4 is 0 Å². The zero-order valence-electron chi connectivity index (χ0n) is 19.1. The highest BCUT2D eigenvalue weighted by Gasteiger charge is 2.20. The summed E-state index contributed by atoms with van der Waals surface area (Å²) in [6.07, 6.45) is 0. The first-order chi connectivity index (χ1) is 18.2. The van der Waals surface area contributed by atoms with Gasteiger partial charge in [0, 0.05) is 35.8 Å². The summed E-state index contributed by atoms with van der Waals surface area (Å²) >= 11 is 30.5. The Kier molecular flexibility index (Phi) is 9.63. The molecule has 5 aromatic carbocycles. The summed E-state index contributed by atoms with van der Waals surface area (Å²) in [5.41, 5.74) is 8.79. The molecule has 0 saturated carbocycles. The van der Waals surface area contributed by atoms with Crippen LogP contribution in [0, 0.1) is 0 Å². The lowest BCUT2D eigenvalue weighted by Crippen LogP contribution is -1.92. The van der Waals surface area contributed by atoms with E-state index >= 15 is 0 Å². The summed E-state index contributed by atoms with van der Waals surface area (Å²) in [6, 6.07) is 29.3. The van der Waals surface area contributed by atoms with Crippen LogP contribution in [0.1, 0.15) is 0 Å². The van der Waals surface area contributed by atoms with Crippen molar-refractivity contribution < 1.29 is 0 Å². The fourth-order valence-electron chi connectivity index (χ4n) is 4.26. The quantitative estimate of drug-likeness (QED) is 0.168. The monoisotopic (exact) mass is 1010 g/mol. The molecule has 0 saturated heterocycles. The molecule has 0 radical (unpaired) electrons. The van der Waals surface area contributed by atoms with Crippen molar-refractivity contribution in [3.8, 4) is 44.5 Å². The third kappa shape index (κ3) is 5.55. The lowest BCUT2D eigenvalue weighted by molar-refractivity contribution is 1.47. The van der Waals surface area contributed by atoms with Gasteiger partial charge in [-0.1, -0.05) is 105 Å². The van der Waals surface area contributed by atoms with E-state index in [4.69, 9.17) is 0 Å². The van der Waals surface area contributed by atoms with E-state index in [0.717, 1.165) is 80.3 Å². The van der Waals surface area contributed by atoms with E-state index < -0.39 is 0 Å². The van der Waals surface area contributed by atoms with Crippen LogP contribution in [0.25, 0.3) is 44.5 Å². The molecule has 8 heteroatoms. The molecule has 0 bridgehead atoms. The molecule has 5 aromatic rings. The van der Waals surface area contributed by atoms with Gasteiger partial charge in [-0.05, 0) is 152 Å². The largest absolute Gasteiger partial charge is 0.0616 e. The maximum Gasteiger partial charge on any atom is 0.0402 e. The molecule has 0 aromatic heterocycles. The lowest BCUT2D eigenvalue weighted by Gasteiger charge is -2.17. The number of halogens is 8. The normalized spacial score (nSPS) is 11.2. The molecule has 0 fully saturated rings. The Morgan fingerprint density at radius 1 is 0.237 bits per heavy atom. The minimum Gasteiger partial charge on any atom is -0.0616 e. The first-order valence-corrected chi connectivity index (χ1v) is 17.5. The van der Waals surface area contributed by atoms with Gasteiger partial charge in [0.15, 0.2) is 0 Å². The molecule has 0 atom stereocenters. The fraction of sp³-hybridized carbons (Fsp3) is 0. The van der Waals surface area contributed by atoms with Gasteiger partial charge < -0.3 is 0 Å². The van der Waals surface area contributed by atoms with E-state index in [0.29, 0.717) is 0 Å². The van der Waals surface area contributed by atoms with Crippen molar-refractivity contribution in [3.63, 3.8) is 0 Å². The molecule has 0 nitrogen and oxygen atoms in total. The summed E-state index contributed by atoms with van der Waals surface area (Å²) in [7, 11) is 0. The topological polar surface area (TPSA) is 0 Å². The third-order valence-corrected chi connectivity index (χ3v) is 14.1. The standard InChI is InChI=1S/C30H14Br8/c31-23-7-3-1-5-15(23)17-9-11-19(27(35)25(17)33)21-13-14-22(30(38)29(21)37)20-12-10-18(26(34)28(20)36)16-6-2-4-8-24(16)32/h1-14H. The van der Waals surface area contributed by atoms with Gasteiger partial charge in [-0.2, -0.15) is 0 Å². The van der Waals surface area contributed by atoms with Crippen LogP contribution in [0.5, 0.6) is 0 Å². The Balaban J connectivity index is 1.58. The second-order valence-electron chi connectivity index (χ2n) is 8.33. The average molecular weight is 1010 g/mol. The van der Waals surface area contributed by atoms with Crippen molar-refractivity contribution >= 4 is 127 Å². The van der Waals surface area contributed by atoms with Crippen LogP contribution in [0.2, 0.25) is 0 Å². The number of rotatable bonds is 4. The molecule has 5 rings (SSSR count). The molecule has 0 N–H and O–H groups in total. The highest BCUT2D eigenvalue weighted by atomic mass is 79.9. The Morgan fingerprint density at radius 3 is 0.684 bits per heavy atom. The summed E-state index contributed by atoms with van der Waals surface area (Å²) in [6.45, 7) is 0. The first-order valence-electron chi connectivity index (χ1n) is 11.1. The van der Waals surface area contributed by atoms with E-state index in [9.17, 15) is 0 Å². The molecule has 0 heterocycles. The fourth-order valence-corrected chi connectivity index (χ4v) is 8.61. The van der Waals surface area contributed by atoms with Gasteiger partial charge in [0.1, 0.15) is 0 Å². The minimum absolute atomic E-state index is 0.981. The maximum atomic E-state index is 3.88. The van der Waals surface area contributed by atoms with Crippen molar-refractivity contribution in [1.29, 1.82) is 0 Å². The van der Waals surface area contributed by atoms with Gasteiger partial charge in [0.05, 0.1) is 0 Å². The predicted molar refractivity (Wildman–Crippen MR) is 190 cm³/mol. The second kappa shape index (κ2) is 12.4. The molecule has 190 valence electrons. The number of hydrogen-bond donors (Lipinski definition) is 0. The van der Waals surface area contributed by atoms with E-state index in [2.05, 4.69) is 188 Å². The molecule has 0 spiro atoms. The summed E-state index contributed by atoms with van der Waals surface area (Å²) < 4.78 is 8.06. The van der Waals surface area contributed by atoms with Crippen molar-refractivity contribution in [3.05, 3.63) is 121 Å². The molecule has 38 heavy (non-hydrogen) atoms. The van der Waals surface area contributed by atoms with Crippen LogP contribution in [0.4, 0.5) is 0 Å². The smallest absolute Gasteiger partial charge is 0.0402 e. The van der Waals surface area contributed by atoms with E-state index in [-0.39, 0.29) is 0 Å². The summed E-state index contributed by atoms with van der Waals surface area (Å²) in [5, 5.41) is 0. The molecular weight excluding hydrogens is 1000 g/mol. The minimum atomic E-state index is 0.981. The van der Waals surface area contributed by atoms with Gasteiger partial charge in [-0.15, -0.1) is 0 Å². The summed E-state index contributed by atoms with van der Waals surface area (Å²) in [4.78, 5) is 0. The molecule has 0 aliphatic rings. The van der Waals surface area contributed by atoms with Crippen LogP contribution in [0.15, 0.2) is 121 Å². The Bertz CT molecular complexity index is 1580. The Labute approximate surface area is 289 Å². The average Bonchev–Trinajstić information content (AvgIpc) is 2.91. The Morgan fingerprint density at radius 2 is 0.447 bits per heavy atom. The zero-order chi connectivity index (χ0) is 27.1. The SMILES string of the molecule is Brc1ccccc1-c1ccc(-c2ccc(-c3ccc(-c4ccccc4Br)c(Br)c3Br)c(Br)c2Br)c(Br)c1Br. The maximum absolute atomic E-state index is 3.88. The van der Waals surface area contributed by atoms with Crippen molar-refractivity contribution in [2.75, 3.05) is 0 Å². The number of benzene rings is 5. The van der Waals surface area contributed by atoms with Gasteiger partial charge in [-0.25, -0.2) is 0 Å². The van der Waals surface area contributed by atoms with Crippen LogP contribution in [-0.4, -0.2) is 0 Å². The zero-order valence-corrected chi connectivity index (χ0v) is 31.8.